The van der Waals surface area contributed by atoms with Crippen molar-refractivity contribution >= 4 is 11.8 Å². The average Bonchev–Trinajstić information content (AvgIpc) is 2.62. The summed E-state index contributed by atoms with van der Waals surface area (Å²) in [5.41, 5.74) is 1.27. The van der Waals surface area contributed by atoms with Crippen molar-refractivity contribution in [3.8, 4) is 5.75 Å². The third-order valence-electron chi connectivity index (χ3n) is 5.53. The van der Waals surface area contributed by atoms with Crippen molar-refractivity contribution in [3.63, 3.8) is 0 Å². The summed E-state index contributed by atoms with van der Waals surface area (Å²) in [6, 6.07) is 5.47. The SMILES string of the molecule is Cc1ccc(C(=O)N2CCN(CC(=O)N3CCCCC3C)CC2)c(O)c1. The highest BCUT2D eigenvalue weighted by Gasteiger charge is 2.28. The molecular formula is C20H29N3O3. The van der Waals surface area contributed by atoms with Crippen molar-refractivity contribution < 1.29 is 14.7 Å². The van der Waals surface area contributed by atoms with E-state index in [1.807, 2.05) is 17.9 Å². The van der Waals surface area contributed by atoms with Crippen LogP contribution in [0.2, 0.25) is 0 Å². The first-order chi connectivity index (χ1) is 12.5. The smallest absolute Gasteiger partial charge is 0.257 e. The zero-order valence-electron chi connectivity index (χ0n) is 15.8. The summed E-state index contributed by atoms with van der Waals surface area (Å²) in [5.74, 6) is 0.0954. The molecular weight excluding hydrogens is 330 g/mol. The van der Waals surface area contributed by atoms with Crippen molar-refractivity contribution in [2.45, 2.75) is 39.2 Å². The number of phenolic OH excluding ortho intramolecular Hbond substituents is 1. The first-order valence-corrected chi connectivity index (χ1v) is 9.56. The zero-order valence-corrected chi connectivity index (χ0v) is 15.8. The van der Waals surface area contributed by atoms with Gasteiger partial charge < -0.3 is 14.9 Å². The molecule has 0 aromatic heterocycles. The molecule has 6 nitrogen and oxygen atoms in total. The minimum absolute atomic E-state index is 0.0340. The maximum atomic E-state index is 12.6. The van der Waals surface area contributed by atoms with E-state index in [2.05, 4.69) is 11.8 Å². The van der Waals surface area contributed by atoms with Crippen LogP contribution in [0.4, 0.5) is 0 Å². The van der Waals surface area contributed by atoms with Crippen LogP contribution in [0.15, 0.2) is 18.2 Å². The molecule has 1 N–H and O–H groups in total. The van der Waals surface area contributed by atoms with Crippen molar-refractivity contribution in [3.05, 3.63) is 29.3 Å². The first-order valence-electron chi connectivity index (χ1n) is 9.56. The van der Waals surface area contributed by atoms with Crippen molar-refractivity contribution in [1.29, 1.82) is 0 Å². The molecule has 26 heavy (non-hydrogen) atoms. The fraction of sp³-hybridized carbons (Fsp3) is 0.600. The second-order valence-corrected chi connectivity index (χ2v) is 7.52. The fourth-order valence-electron chi connectivity index (χ4n) is 3.85. The third-order valence-corrected chi connectivity index (χ3v) is 5.53. The molecule has 0 bridgehead atoms. The molecule has 0 saturated carbocycles. The normalized spacial score (nSPS) is 21.7. The van der Waals surface area contributed by atoms with Gasteiger partial charge in [0, 0.05) is 38.8 Å². The molecule has 2 fully saturated rings. The van der Waals surface area contributed by atoms with Crippen LogP contribution in [-0.4, -0.2) is 76.9 Å². The van der Waals surface area contributed by atoms with E-state index in [0.717, 1.165) is 24.9 Å². The molecule has 6 heteroatoms. The third kappa shape index (κ3) is 4.18. The van der Waals surface area contributed by atoms with Gasteiger partial charge in [0.25, 0.3) is 5.91 Å². The Labute approximate surface area is 155 Å². The van der Waals surface area contributed by atoms with E-state index in [0.29, 0.717) is 44.3 Å². The number of aromatic hydroxyl groups is 1. The Morgan fingerprint density at radius 3 is 2.50 bits per heavy atom. The number of aryl methyl sites for hydroxylation is 1. The Hall–Kier alpha value is -2.08. The van der Waals surface area contributed by atoms with Gasteiger partial charge in [0.15, 0.2) is 0 Å². The maximum Gasteiger partial charge on any atom is 0.257 e. The number of carbonyl (C=O) groups excluding carboxylic acids is 2. The summed E-state index contributed by atoms with van der Waals surface area (Å²) in [7, 11) is 0. The van der Waals surface area contributed by atoms with Crippen LogP contribution in [0, 0.1) is 6.92 Å². The van der Waals surface area contributed by atoms with E-state index in [9.17, 15) is 14.7 Å². The molecule has 0 radical (unpaired) electrons. The molecule has 2 saturated heterocycles. The fourth-order valence-corrected chi connectivity index (χ4v) is 3.85. The van der Waals surface area contributed by atoms with Gasteiger partial charge in [-0.05, 0) is 50.8 Å². The lowest BCUT2D eigenvalue weighted by Gasteiger charge is -2.38. The van der Waals surface area contributed by atoms with Crippen LogP contribution >= 0.6 is 0 Å². The van der Waals surface area contributed by atoms with Gasteiger partial charge in [-0.3, -0.25) is 14.5 Å². The summed E-state index contributed by atoms with van der Waals surface area (Å²) in [6.45, 7) is 7.84. The Morgan fingerprint density at radius 2 is 1.85 bits per heavy atom. The van der Waals surface area contributed by atoms with E-state index < -0.39 is 0 Å². The highest BCUT2D eigenvalue weighted by Crippen LogP contribution is 2.21. The Kier molecular flexibility index (Phi) is 5.81. The van der Waals surface area contributed by atoms with Crippen molar-refractivity contribution in [1.82, 2.24) is 14.7 Å². The highest BCUT2D eigenvalue weighted by molar-refractivity contribution is 5.97. The molecule has 2 amide bonds. The topological polar surface area (TPSA) is 64.1 Å². The van der Waals surface area contributed by atoms with Gasteiger partial charge in [-0.2, -0.15) is 0 Å². The maximum absolute atomic E-state index is 12.6. The lowest BCUT2D eigenvalue weighted by molar-refractivity contribution is -0.136. The van der Waals surface area contributed by atoms with Crippen LogP contribution in [0.5, 0.6) is 5.75 Å². The van der Waals surface area contributed by atoms with E-state index in [1.165, 1.54) is 6.42 Å². The Bertz CT molecular complexity index is 668. The molecule has 1 aromatic rings. The van der Waals surface area contributed by atoms with E-state index in [1.54, 1.807) is 17.0 Å². The number of nitrogens with zero attached hydrogens (tertiary/aromatic N) is 3. The first kappa shape index (κ1) is 18.7. The predicted molar refractivity (Wildman–Crippen MR) is 100 cm³/mol. The summed E-state index contributed by atoms with van der Waals surface area (Å²) < 4.78 is 0. The number of rotatable bonds is 3. The van der Waals surface area contributed by atoms with Gasteiger partial charge in [-0.15, -0.1) is 0 Å². The lowest BCUT2D eigenvalue weighted by Crippen LogP contribution is -2.53. The number of hydrogen-bond acceptors (Lipinski definition) is 4. The van der Waals surface area contributed by atoms with Gasteiger partial charge >= 0.3 is 0 Å². The van der Waals surface area contributed by atoms with E-state index >= 15 is 0 Å². The van der Waals surface area contributed by atoms with Gasteiger partial charge in [-0.1, -0.05) is 6.07 Å². The second-order valence-electron chi connectivity index (χ2n) is 7.52. The van der Waals surface area contributed by atoms with Crippen LogP contribution < -0.4 is 0 Å². The largest absolute Gasteiger partial charge is 0.507 e. The lowest BCUT2D eigenvalue weighted by atomic mass is 10.0. The van der Waals surface area contributed by atoms with E-state index in [4.69, 9.17) is 0 Å². The number of phenols is 1. The molecule has 2 heterocycles. The predicted octanol–water partition coefficient (Wildman–Crippen LogP) is 1.86. The number of carbonyl (C=O) groups is 2. The molecule has 3 rings (SSSR count). The zero-order chi connectivity index (χ0) is 18.7. The highest BCUT2D eigenvalue weighted by atomic mass is 16.3. The molecule has 142 valence electrons. The second kappa shape index (κ2) is 8.08. The van der Waals surface area contributed by atoms with E-state index in [-0.39, 0.29) is 17.6 Å². The van der Waals surface area contributed by atoms with Crippen molar-refractivity contribution in [2.75, 3.05) is 39.3 Å². The monoisotopic (exact) mass is 359 g/mol. The standard InChI is InChI=1S/C20H29N3O3/c1-15-6-7-17(18(24)13-15)20(26)22-11-9-21(10-12-22)14-19(25)23-8-4-3-5-16(23)2/h6-7,13,16,24H,3-5,8-12,14H2,1-2H3. The summed E-state index contributed by atoms with van der Waals surface area (Å²) >= 11 is 0. The number of piperazine rings is 1. The van der Waals surface area contributed by atoms with Crippen LogP contribution in [0.1, 0.15) is 42.1 Å². The van der Waals surface area contributed by atoms with Gasteiger partial charge in [-0.25, -0.2) is 0 Å². The Morgan fingerprint density at radius 1 is 1.12 bits per heavy atom. The number of piperidine rings is 1. The van der Waals surface area contributed by atoms with Crippen LogP contribution in [0.25, 0.3) is 0 Å². The molecule has 1 atom stereocenters. The van der Waals surface area contributed by atoms with Gasteiger partial charge in [0.05, 0.1) is 12.1 Å². The molecule has 2 aliphatic heterocycles. The Balaban J connectivity index is 1.52. The summed E-state index contributed by atoms with van der Waals surface area (Å²) in [6.07, 6.45) is 3.39. The molecule has 0 aliphatic carbocycles. The number of amides is 2. The molecule has 1 aromatic carbocycles. The quantitative estimate of drug-likeness (QED) is 0.895. The van der Waals surface area contributed by atoms with Crippen LogP contribution in [0.3, 0.4) is 0 Å². The minimum Gasteiger partial charge on any atom is -0.507 e. The number of hydrogen-bond donors (Lipinski definition) is 1. The van der Waals surface area contributed by atoms with Gasteiger partial charge in [0.2, 0.25) is 5.91 Å². The van der Waals surface area contributed by atoms with Gasteiger partial charge in [0.1, 0.15) is 5.75 Å². The minimum atomic E-state index is -0.141. The van der Waals surface area contributed by atoms with Crippen LogP contribution in [-0.2, 0) is 4.79 Å². The molecule has 1 unspecified atom stereocenters. The molecule has 0 spiro atoms. The number of benzene rings is 1. The van der Waals surface area contributed by atoms with Crippen molar-refractivity contribution in [2.24, 2.45) is 0 Å². The summed E-state index contributed by atoms with van der Waals surface area (Å²) in [4.78, 5) is 31.1. The molecule has 2 aliphatic rings. The summed E-state index contributed by atoms with van der Waals surface area (Å²) in [5, 5.41) is 10.0. The number of likely N-dealkylation sites (tertiary alicyclic amines) is 1. The average molecular weight is 359 g/mol.